The normalized spacial score (nSPS) is 11.6. The monoisotopic (exact) mass is 791 g/mol. The van der Waals surface area contributed by atoms with Crippen LogP contribution >= 0.6 is 0 Å². The van der Waals surface area contributed by atoms with E-state index in [1.54, 1.807) is 38.6 Å². The molecule has 4 aromatic heterocycles. The van der Waals surface area contributed by atoms with E-state index in [2.05, 4.69) is 64.4 Å². The lowest BCUT2D eigenvalue weighted by molar-refractivity contribution is -0.132. The summed E-state index contributed by atoms with van der Waals surface area (Å²) < 4.78 is 7.60. The molecule has 0 N–H and O–H groups in total. The fourth-order valence-corrected chi connectivity index (χ4v) is 6.32. The first-order valence-corrected chi connectivity index (χ1v) is 20.0. The molecule has 16 nitrogen and oxygen atoms in total. The first-order valence-electron chi connectivity index (χ1n) is 20.0. The number of ketones is 2. The van der Waals surface area contributed by atoms with Gasteiger partial charge in [-0.2, -0.15) is 0 Å². The van der Waals surface area contributed by atoms with E-state index in [1.807, 2.05) is 80.6 Å². The topological polar surface area (TPSA) is 153 Å². The molecule has 2 amide bonds. The summed E-state index contributed by atoms with van der Waals surface area (Å²) in [6, 6.07) is 0.273. The second kappa shape index (κ2) is 22.1. The van der Waals surface area contributed by atoms with Gasteiger partial charge in [0.25, 0.3) is 0 Å². The van der Waals surface area contributed by atoms with Crippen LogP contribution in [0.5, 0.6) is 0 Å². The summed E-state index contributed by atoms with van der Waals surface area (Å²) in [5.74, 6) is 3.75. The molecule has 16 heteroatoms. The van der Waals surface area contributed by atoms with Crippen LogP contribution in [-0.4, -0.2) is 119 Å². The molecule has 0 saturated heterocycles. The Balaban J connectivity index is 0.000000321. The zero-order chi connectivity index (χ0) is 42.3. The molecule has 0 aliphatic heterocycles. The van der Waals surface area contributed by atoms with Gasteiger partial charge >= 0.3 is 0 Å². The Labute approximate surface area is 338 Å². The maximum absolute atomic E-state index is 12.6. The van der Waals surface area contributed by atoms with E-state index >= 15 is 0 Å². The molecule has 0 spiro atoms. The van der Waals surface area contributed by atoms with Crippen LogP contribution in [0, 0.1) is 0 Å². The van der Waals surface area contributed by atoms with Crippen LogP contribution in [0.4, 0.5) is 0 Å². The number of nitrogens with zero attached hydrogens (tertiary/aromatic N) is 12. The van der Waals surface area contributed by atoms with Gasteiger partial charge in [-0.25, -0.2) is 19.9 Å². The molecule has 0 fully saturated rings. The summed E-state index contributed by atoms with van der Waals surface area (Å²) in [5, 5.41) is 0. The smallest absolute Gasteiger partial charge is 0.242 e. The zero-order valence-corrected chi connectivity index (χ0v) is 36.2. The van der Waals surface area contributed by atoms with Gasteiger partial charge in [-0.3, -0.25) is 29.0 Å². The highest BCUT2D eigenvalue weighted by Crippen LogP contribution is 2.20. The minimum Gasteiger partial charge on any atom is -0.342 e. The van der Waals surface area contributed by atoms with Crippen molar-refractivity contribution < 1.29 is 19.2 Å². The highest BCUT2D eigenvalue weighted by atomic mass is 16.2. The molecule has 4 rings (SSSR count). The van der Waals surface area contributed by atoms with E-state index < -0.39 is 0 Å². The van der Waals surface area contributed by atoms with E-state index in [1.165, 1.54) is 0 Å². The van der Waals surface area contributed by atoms with Crippen molar-refractivity contribution in [2.75, 3.05) is 26.2 Å². The SMILES string of the molecule is CC(=O)Cn1ccnc1CN(Cc1nccn1CC(C)=O)C(C)C.CCN(CC)C(=O)Cn1ccnc1CN(Cc1nccn1CC(=O)N(CC)CC)C(C)(C)C. The lowest BCUT2D eigenvalue weighted by atomic mass is 10.1. The van der Waals surface area contributed by atoms with Crippen molar-refractivity contribution in [1.29, 1.82) is 0 Å². The van der Waals surface area contributed by atoms with E-state index in [-0.39, 0.29) is 48.1 Å². The maximum Gasteiger partial charge on any atom is 0.242 e. The van der Waals surface area contributed by atoms with Crippen molar-refractivity contribution in [2.45, 2.75) is 140 Å². The number of rotatable bonds is 21. The largest absolute Gasteiger partial charge is 0.342 e. The van der Waals surface area contributed by atoms with Gasteiger partial charge in [-0.1, -0.05) is 0 Å². The van der Waals surface area contributed by atoms with Gasteiger partial charge in [0.1, 0.15) is 48.0 Å². The summed E-state index contributed by atoms with van der Waals surface area (Å²) in [6.45, 7) is 28.1. The molecule has 57 heavy (non-hydrogen) atoms. The van der Waals surface area contributed by atoms with Gasteiger partial charge in [0.2, 0.25) is 11.8 Å². The quantitative estimate of drug-likeness (QED) is 0.120. The number of likely N-dealkylation sites (N-methyl/N-ethyl adjacent to an activating group) is 2. The maximum atomic E-state index is 12.6. The van der Waals surface area contributed by atoms with Crippen molar-refractivity contribution in [3.63, 3.8) is 0 Å². The Morgan fingerprint density at radius 2 is 0.842 bits per heavy atom. The number of amides is 2. The summed E-state index contributed by atoms with van der Waals surface area (Å²) >= 11 is 0. The third-order valence-electron chi connectivity index (χ3n) is 9.87. The van der Waals surface area contributed by atoms with Crippen LogP contribution < -0.4 is 0 Å². The summed E-state index contributed by atoms with van der Waals surface area (Å²) in [5.41, 5.74) is -0.167. The highest BCUT2D eigenvalue weighted by molar-refractivity contribution is 5.77. The van der Waals surface area contributed by atoms with Gasteiger partial charge in [-0.05, 0) is 76.2 Å². The van der Waals surface area contributed by atoms with Crippen molar-refractivity contribution >= 4 is 23.4 Å². The lowest BCUT2D eigenvalue weighted by Gasteiger charge is -2.35. The Hall–Kier alpha value is -4.96. The average molecular weight is 791 g/mol. The second-order valence-electron chi connectivity index (χ2n) is 15.4. The van der Waals surface area contributed by atoms with Crippen LogP contribution in [0.25, 0.3) is 0 Å². The average Bonchev–Trinajstić information content (AvgIpc) is 3.96. The molecule has 314 valence electrons. The molecular weight excluding hydrogens is 725 g/mol. The molecule has 0 unspecified atom stereocenters. The Bertz CT molecular complexity index is 1730. The predicted molar refractivity (Wildman–Crippen MR) is 220 cm³/mol. The minimum atomic E-state index is -0.167. The van der Waals surface area contributed by atoms with Gasteiger partial charge in [-0.15, -0.1) is 0 Å². The van der Waals surface area contributed by atoms with E-state index in [0.717, 1.165) is 23.3 Å². The molecule has 4 aromatic rings. The van der Waals surface area contributed by atoms with E-state index in [4.69, 9.17) is 0 Å². The zero-order valence-electron chi connectivity index (χ0n) is 36.2. The Kier molecular flexibility index (Phi) is 18.0. The van der Waals surface area contributed by atoms with Gasteiger partial charge in [0.05, 0.1) is 39.3 Å². The van der Waals surface area contributed by atoms with Crippen LogP contribution in [0.1, 0.15) is 99.5 Å². The van der Waals surface area contributed by atoms with E-state index in [0.29, 0.717) is 65.4 Å². The van der Waals surface area contributed by atoms with Crippen molar-refractivity contribution in [3.8, 4) is 0 Å². The molecule has 0 aliphatic carbocycles. The predicted octanol–water partition coefficient (Wildman–Crippen LogP) is 4.29. The minimum absolute atomic E-state index is 0.0898. The van der Waals surface area contributed by atoms with Crippen LogP contribution in [0.3, 0.4) is 0 Å². The molecule has 0 saturated carbocycles. The Morgan fingerprint density at radius 1 is 0.544 bits per heavy atom. The molecular formula is C41H66N12O4. The standard InChI is InChI=1S/C24H41N7O2.C17H25N5O2/c1-8-27(9-2)22(32)18-29-14-12-25-20(29)16-31(24(5,6)7)17-21-26-13-15-30(21)19-23(33)28(10-3)11-4;1-13(2)22(11-16-18-5-7-20(16)9-14(3)23)12-17-19-6-8-21(17)10-15(4)24/h12-15H,8-11,16-19H2,1-7H3;5-8,13H,9-12H2,1-4H3. The van der Waals surface area contributed by atoms with Gasteiger partial charge < -0.3 is 28.1 Å². The van der Waals surface area contributed by atoms with Crippen molar-refractivity contribution in [1.82, 2.24) is 57.8 Å². The third-order valence-corrected chi connectivity index (χ3v) is 9.87. The van der Waals surface area contributed by atoms with Crippen molar-refractivity contribution in [2.24, 2.45) is 0 Å². The Morgan fingerprint density at radius 3 is 1.11 bits per heavy atom. The van der Waals surface area contributed by atoms with Gasteiger partial charge in [0.15, 0.2) is 0 Å². The second-order valence-corrected chi connectivity index (χ2v) is 15.4. The molecule has 0 bridgehead atoms. The lowest BCUT2D eigenvalue weighted by Crippen LogP contribution is -2.42. The number of imidazole rings is 4. The fraction of sp³-hybridized carbons (Fsp3) is 0.610. The first-order chi connectivity index (χ1) is 27.0. The number of carbonyl (C=O) groups is 4. The molecule has 4 heterocycles. The van der Waals surface area contributed by atoms with Crippen LogP contribution in [0.2, 0.25) is 0 Å². The summed E-state index contributed by atoms with van der Waals surface area (Å²) in [7, 11) is 0. The molecule has 0 aliphatic rings. The van der Waals surface area contributed by atoms with Crippen molar-refractivity contribution in [3.05, 3.63) is 72.9 Å². The molecule has 0 radical (unpaired) electrons. The number of carbonyl (C=O) groups excluding carboxylic acids is 4. The van der Waals surface area contributed by atoms with E-state index in [9.17, 15) is 19.2 Å². The highest BCUT2D eigenvalue weighted by Gasteiger charge is 2.26. The van der Waals surface area contributed by atoms with Crippen LogP contribution in [0.15, 0.2) is 49.6 Å². The van der Waals surface area contributed by atoms with Gasteiger partial charge in [0, 0.05) is 87.3 Å². The summed E-state index contributed by atoms with van der Waals surface area (Å²) in [4.78, 5) is 74.0. The molecule has 0 aromatic carbocycles. The van der Waals surface area contributed by atoms with Crippen LogP contribution in [-0.2, 0) is 71.5 Å². The number of Topliss-reactive ketones (excluding diaryl/α,β-unsaturated/α-hetero) is 2. The first kappa shape index (κ1) is 46.4. The molecule has 0 atom stereocenters. The number of aromatic nitrogens is 8. The third kappa shape index (κ3) is 14.2. The fourth-order valence-electron chi connectivity index (χ4n) is 6.32. The number of hydrogen-bond donors (Lipinski definition) is 0. The summed E-state index contributed by atoms with van der Waals surface area (Å²) in [6.07, 6.45) is 14.3. The number of hydrogen-bond acceptors (Lipinski definition) is 10.